The number of likely N-dealkylation sites (tertiary alicyclic amines) is 1. The molecule has 3 aliphatic heterocycles. The van der Waals surface area contributed by atoms with Crippen molar-refractivity contribution in [1.29, 1.82) is 0 Å². The van der Waals surface area contributed by atoms with Gasteiger partial charge >= 0.3 is 11.6 Å². The monoisotopic (exact) mass is 630 g/mol. The molecule has 14 nitrogen and oxygen atoms in total. The molecule has 2 fully saturated rings. The smallest absolute Gasteiger partial charge is 0.352 e. The third kappa shape index (κ3) is 5.47. The van der Waals surface area contributed by atoms with Crippen LogP contribution in [0.25, 0.3) is 22.6 Å². The van der Waals surface area contributed by atoms with Crippen molar-refractivity contribution in [2.24, 2.45) is 34.8 Å². The quantitative estimate of drug-likeness (QED) is 0.0936. The van der Waals surface area contributed by atoms with E-state index in [1.54, 1.807) is 25.3 Å². The number of nitrogens with zero attached hydrogens (tertiary/aromatic N) is 5. The Bertz CT molecular complexity index is 1760. The zero-order chi connectivity index (χ0) is 32.2. The fraction of sp³-hybridized carbons (Fsp3) is 0.517. The molecule has 44 heavy (non-hydrogen) atoms. The highest BCUT2D eigenvalue weighted by molar-refractivity contribution is 6.04. The van der Waals surface area contributed by atoms with Gasteiger partial charge in [0, 0.05) is 38.1 Å². The number of aryl methyl sites for hydroxylation is 2. The molecule has 0 spiro atoms. The van der Waals surface area contributed by atoms with Gasteiger partial charge in [-0.05, 0) is 63.3 Å². The van der Waals surface area contributed by atoms with Gasteiger partial charge in [0.15, 0.2) is 11.5 Å². The minimum atomic E-state index is -1.04. The molecule has 1 aromatic rings. The number of aliphatic hydroxyl groups is 1. The van der Waals surface area contributed by atoms with Crippen molar-refractivity contribution >= 4 is 34.7 Å². The summed E-state index contributed by atoms with van der Waals surface area (Å²) in [5.74, 6) is -1.35. The van der Waals surface area contributed by atoms with Crippen LogP contribution in [0.3, 0.4) is 0 Å². The predicted octanol–water partition coefficient (Wildman–Crippen LogP) is -4.72. The van der Waals surface area contributed by atoms with Crippen LogP contribution in [0.15, 0.2) is 21.7 Å². The van der Waals surface area contributed by atoms with Gasteiger partial charge < -0.3 is 22.1 Å². The van der Waals surface area contributed by atoms with E-state index in [4.69, 9.17) is 16.6 Å². The zero-order valence-electron chi connectivity index (χ0n) is 25.9. The number of piperidine rings is 1. The standard InChI is InChI=1S/C28H34N8O5.CH4O.ClH/c1-14-9-16-17(10-15(14)2)35(19-18(31-16)20(37)34(6)25(41)32-19)7-8-36-22(39)27(4)11-26(3,21(38)33-24(29)30)12-28(5,13-27)23(36)40;1-2;/h9-10H,7-8,11-13H2,1-6H3,(H4,29,30,33,38);2H,1H3;1H/t26?,27-,28+;;. The number of hydrogen-bond acceptors (Lipinski definition) is 8. The topological polar surface area (TPSA) is 210 Å². The maximum Gasteiger partial charge on any atom is 0.352 e. The lowest BCUT2D eigenvalue weighted by Gasteiger charge is -2.55. The van der Waals surface area contributed by atoms with Crippen LogP contribution in [-0.4, -0.2) is 66.4 Å². The van der Waals surface area contributed by atoms with Crippen LogP contribution in [0.5, 0.6) is 0 Å². The van der Waals surface area contributed by atoms with Gasteiger partial charge in [-0.15, -0.1) is 0 Å². The Morgan fingerprint density at radius 1 is 0.932 bits per heavy atom. The lowest BCUT2D eigenvalue weighted by Crippen LogP contribution is -3.00. The lowest BCUT2D eigenvalue weighted by atomic mass is 9.51. The highest BCUT2D eigenvalue weighted by Crippen LogP contribution is 2.58. The number of hydrogen-bond donors (Lipinski definition) is 4. The molecule has 3 atom stereocenters. The van der Waals surface area contributed by atoms with E-state index in [9.17, 15) is 24.0 Å². The predicted molar refractivity (Wildman–Crippen MR) is 158 cm³/mol. The van der Waals surface area contributed by atoms with Crippen molar-refractivity contribution in [3.63, 3.8) is 0 Å². The second-order valence-electron chi connectivity index (χ2n) is 12.5. The molecule has 1 aliphatic carbocycles. The average Bonchev–Trinajstić information content (AvgIpc) is 2.92. The summed E-state index contributed by atoms with van der Waals surface area (Å²) in [6, 6.07) is 3.74. The Balaban J connectivity index is 0.00000173. The first-order valence-electron chi connectivity index (χ1n) is 13.9. The first-order valence-corrected chi connectivity index (χ1v) is 13.9. The van der Waals surface area contributed by atoms with Crippen LogP contribution < -0.4 is 40.1 Å². The fourth-order valence-corrected chi connectivity index (χ4v) is 7.06. The van der Waals surface area contributed by atoms with E-state index in [1.807, 2.05) is 26.0 Å². The van der Waals surface area contributed by atoms with Gasteiger partial charge in [-0.1, -0.05) is 13.8 Å². The normalized spacial score (nSPS) is 24.4. The number of guanidine groups is 1. The SMILES string of the molecule is CO.Cc1cc2nc3c(=O)n(C)c(=O)nc-3n(CCN3C(=O)[C@@]4(C)CC(C)(C(=O)[NH+]=C(N)N)C[C@](C)(C4)C3=O)c2cc1C.[Cl-]. The molecule has 3 amide bonds. The first-order chi connectivity index (χ1) is 20.0. The number of imide groups is 1. The molecular weight excluding hydrogens is 592 g/mol. The number of amides is 3. The summed E-state index contributed by atoms with van der Waals surface area (Å²) in [6.07, 6.45) is 0.727. The number of nitrogens with two attached hydrogens (primary N) is 2. The number of benzene rings is 1. The fourth-order valence-electron chi connectivity index (χ4n) is 7.06. The van der Waals surface area contributed by atoms with E-state index in [-0.39, 0.29) is 67.6 Å². The van der Waals surface area contributed by atoms with Crippen LogP contribution in [0, 0.1) is 30.1 Å². The second kappa shape index (κ2) is 11.7. The minimum absolute atomic E-state index is 0. The summed E-state index contributed by atoms with van der Waals surface area (Å²) in [6.45, 7) is 9.20. The van der Waals surface area contributed by atoms with E-state index in [0.717, 1.165) is 22.8 Å². The largest absolute Gasteiger partial charge is 1.00 e. The van der Waals surface area contributed by atoms with Gasteiger partial charge in [0.05, 0.1) is 16.4 Å². The summed E-state index contributed by atoms with van der Waals surface area (Å²) >= 11 is 0. The molecule has 2 bridgehead atoms. The number of halogens is 1. The Morgan fingerprint density at radius 3 is 2.02 bits per heavy atom. The van der Waals surface area contributed by atoms with Gasteiger partial charge in [0.25, 0.3) is 11.5 Å². The molecule has 6 N–H and O–H groups in total. The van der Waals surface area contributed by atoms with Crippen LogP contribution in [0.1, 0.15) is 51.2 Å². The minimum Gasteiger partial charge on any atom is -1.00 e. The molecule has 238 valence electrons. The van der Waals surface area contributed by atoms with E-state index < -0.39 is 33.4 Å². The van der Waals surface area contributed by atoms with Gasteiger partial charge in [0.2, 0.25) is 11.8 Å². The van der Waals surface area contributed by atoms with Gasteiger partial charge in [-0.3, -0.25) is 40.1 Å². The molecule has 1 aromatic carbocycles. The van der Waals surface area contributed by atoms with Crippen LogP contribution in [0.4, 0.5) is 0 Å². The molecule has 1 saturated carbocycles. The number of aliphatic hydroxyl groups excluding tert-OH is 1. The third-order valence-corrected chi connectivity index (χ3v) is 8.79. The second-order valence-corrected chi connectivity index (χ2v) is 12.5. The first kappa shape index (κ1) is 34.3. The van der Waals surface area contributed by atoms with Gasteiger partial charge in [0.1, 0.15) is 0 Å². The Labute approximate surface area is 259 Å². The molecule has 4 aliphatic rings. The summed E-state index contributed by atoms with van der Waals surface area (Å²) < 4.78 is 2.58. The maximum atomic E-state index is 13.9. The highest BCUT2D eigenvalue weighted by Gasteiger charge is 2.63. The maximum absolute atomic E-state index is 13.9. The molecule has 0 aromatic heterocycles. The van der Waals surface area contributed by atoms with Crippen molar-refractivity contribution in [1.82, 2.24) is 24.0 Å². The van der Waals surface area contributed by atoms with E-state index in [2.05, 4.69) is 15.0 Å². The van der Waals surface area contributed by atoms with Crippen LogP contribution in [0.2, 0.25) is 0 Å². The number of fused-ring (bicyclic) bond motifs is 4. The third-order valence-electron chi connectivity index (χ3n) is 8.79. The molecule has 1 saturated heterocycles. The number of carbonyl (C=O) groups is 3. The zero-order valence-corrected chi connectivity index (χ0v) is 26.7. The van der Waals surface area contributed by atoms with Crippen molar-refractivity contribution in [2.75, 3.05) is 13.7 Å². The summed E-state index contributed by atoms with van der Waals surface area (Å²) in [5, 5.41) is 7.00. The van der Waals surface area contributed by atoms with E-state index >= 15 is 0 Å². The molecule has 0 radical (unpaired) electrons. The van der Waals surface area contributed by atoms with Crippen molar-refractivity contribution < 1.29 is 36.9 Å². The van der Waals surface area contributed by atoms with Crippen LogP contribution >= 0.6 is 0 Å². The number of nitrogens with one attached hydrogen (secondary N) is 1. The highest BCUT2D eigenvalue weighted by atomic mass is 35.5. The summed E-state index contributed by atoms with van der Waals surface area (Å²) in [7, 11) is 2.34. The lowest BCUT2D eigenvalue weighted by molar-refractivity contribution is -0.393. The molecular formula is C29H39ClN8O6. The van der Waals surface area contributed by atoms with Gasteiger partial charge in [-0.2, -0.15) is 4.98 Å². The summed E-state index contributed by atoms with van der Waals surface area (Å²) in [4.78, 5) is 78.7. The number of rotatable bonds is 4. The molecule has 1 unspecified atom stereocenters. The van der Waals surface area contributed by atoms with E-state index in [0.29, 0.717) is 17.5 Å². The van der Waals surface area contributed by atoms with Crippen molar-refractivity contribution in [3.8, 4) is 11.5 Å². The number of carbonyl (C=O) groups excluding carboxylic acids is 3. The number of aromatic nitrogens is 4. The average molecular weight is 631 g/mol. The van der Waals surface area contributed by atoms with Crippen molar-refractivity contribution in [2.45, 2.75) is 60.4 Å². The van der Waals surface area contributed by atoms with E-state index in [1.165, 1.54) is 11.9 Å². The summed E-state index contributed by atoms with van der Waals surface area (Å²) in [5.41, 5.74) is 9.78. The van der Waals surface area contributed by atoms with Crippen LogP contribution in [-0.2, 0) is 28.0 Å². The molecule has 5 rings (SSSR count). The Morgan fingerprint density at radius 2 is 1.48 bits per heavy atom. The Hall–Kier alpha value is -4.17. The van der Waals surface area contributed by atoms with Crippen molar-refractivity contribution in [3.05, 3.63) is 44.1 Å². The molecule has 3 heterocycles. The molecule has 15 heteroatoms. The van der Waals surface area contributed by atoms with Gasteiger partial charge in [-0.25, -0.2) is 14.8 Å². The Kier molecular flexibility index (Phi) is 9.15.